The fraction of sp³-hybridized carbons (Fsp3) is 0. The minimum absolute atomic E-state index is 1.34. The molecule has 0 radical (unpaired) electrons. The predicted molar refractivity (Wildman–Crippen MR) is 141 cm³/mol. The minimum Gasteiger partial charge on any atom is -0.143 e. The van der Waals surface area contributed by atoms with Crippen LogP contribution in [0.4, 0.5) is 0 Å². The van der Waals surface area contributed by atoms with Gasteiger partial charge in [0.2, 0.25) is 0 Å². The predicted octanol–water partition coefficient (Wildman–Crippen LogP) is 10.4. The van der Waals surface area contributed by atoms with Crippen LogP contribution in [-0.4, -0.2) is 0 Å². The van der Waals surface area contributed by atoms with Gasteiger partial charge in [0.05, 0.1) is 9.75 Å². The Balaban J connectivity index is 1.60. The average molecular weight is 495 g/mol. The van der Waals surface area contributed by atoms with Crippen LogP contribution in [0, 0.1) is 0 Å². The Labute approximate surface area is 199 Å². The van der Waals surface area contributed by atoms with E-state index in [1.165, 1.54) is 50.1 Å². The van der Waals surface area contributed by atoms with Crippen molar-refractivity contribution in [2.24, 2.45) is 0 Å². The summed E-state index contributed by atoms with van der Waals surface area (Å²) in [4.78, 5) is 10.8. The second kappa shape index (κ2) is 8.04. The molecule has 0 atom stereocenters. The summed E-state index contributed by atoms with van der Waals surface area (Å²) in [5, 5.41) is 8.68. The van der Waals surface area contributed by atoms with E-state index in [9.17, 15) is 0 Å². The first-order valence-corrected chi connectivity index (χ1v) is 14.5. The smallest absolute Gasteiger partial charge is 0.0528 e. The Morgan fingerprint density at radius 2 is 0.767 bits per heavy atom. The first kappa shape index (κ1) is 18.9. The Bertz CT molecular complexity index is 1250. The van der Waals surface area contributed by atoms with Crippen molar-refractivity contribution in [1.29, 1.82) is 0 Å². The molecule has 30 heavy (non-hydrogen) atoms. The largest absolute Gasteiger partial charge is 0.143 e. The summed E-state index contributed by atoms with van der Waals surface area (Å²) in [5.41, 5.74) is 2.71. The van der Waals surface area contributed by atoms with E-state index in [0.717, 1.165) is 0 Å². The summed E-state index contributed by atoms with van der Waals surface area (Å²) in [7, 11) is 0. The van der Waals surface area contributed by atoms with Crippen molar-refractivity contribution in [3.63, 3.8) is 0 Å². The van der Waals surface area contributed by atoms with Crippen molar-refractivity contribution in [2.45, 2.75) is 0 Å². The first-order chi connectivity index (χ1) is 14.9. The van der Waals surface area contributed by atoms with Crippen LogP contribution in [-0.2, 0) is 0 Å². The van der Waals surface area contributed by atoms with Crippen molar-refractivity contribution >= 4 is 68.0 Å². The van der Waals surface area contributed by atoms with E-state index in [1.54, 1.807) is 0 Å². The summed E-state index contributed by atoms with van der Waals surface area (Å²) in [5.74, 6) is 0. The molecule has 0 fully saturated rings. The van der Waals surface area contributed by atoms with Gasteiger partial charge in [0.1, 0.15) is 0 Å². The molecule has 6 heteroatoms. The van der Waals surface area contributed by atoms with Crippen LogP contribution in [0.3, 0.4) is 0 Å². The zero-order chi connectivity index (χ0) is 19.9. The third-order valence-corrected chi connectivity index (χ3v) is 11.3. The van der Waals surface area contributed by atoms with Crippen molar-refractivity contribution in [2.75, 3.05) is 0 Å². The third-order valence-electron chi connectivity index (χ3n) is 4.77. The highest BCUT2D eigenvalue weighted by molar-refractivity contribution is 7.27. The lowest BCUT2D eigenvalue weighted by Gasteiger charge is -2.03. The molecule has 6 aromatic rings. The summed E-state index contributed by atoms with van der Waals surface area (Å²) in [6, 6.07) is 22.3. The maximum Gasteiger partial charge on any atom is 0.0528 e. The molecule has 0 aliphatic carbocycles. The number of hydrogen-bond acceptors (Lipinski definition) is 6. The van der Waals surface area contributed by atoms with E-state index in [4.69, 9.17) is 0 Å². The van der Waals surface area contributed by atoms with Crippen LogP contribution < -0.4 is 0 Å². The molecule has 6 aromatic heterocycles. The molecular weight excluding hydrogens is 481 g/mol. The Hall–Kier alpha value is -1.80. The second-order valence-electron chi connectivity index (χ2n) is 6.62. The fourth-order valence-electron chi connectivity index (χ4n) is 3.44. The van der Waals surface area contributed by atoms with Crippen LogP contribution in [0.5, 0.6) is 0 Å². The standard InChI is InChI=1S/C24H14S6/c1-5-17(25-9-1)21-13-15(23(29-21)19-7-3-11-27-19)16-14-22(18-6-2-10-26-18)30-24(16)20-8-4-12-28-20/h1-14H. The highest BCUT2D eigenvalue weighted by atomic mass is 32.1. The van der Waals surface area contributed by atoms with E-state index >= 15 is 0 Å². The molecule has 0 saturated carbocycles. The molecule has 0 N–H and O–H groups in total. The molecule has 6 heterocycles. The zero-order valence-corrected chi connectivity index (χ0v) is 20.4. The number of thiophene rings is 6. The van der Waals surface area contributed by atoms with E-state index < -0.39 is 0 Å². The molecule has 0 amide bonds. The van der Waals surface area contributed by atoms with Gasteiger partial charge in [-0.15, -0.1) is 68.0 Å². The fourth-order valence-corrected chi connectivity index (χ4v) is 9.17. The first-order valence-electron chi connectivity index (χ1n) is 9.30. The van der Waals surface area contributed by atoms with Gasteiger partial charge in [0.25, 0.3) is 0 Å². The SMILES string of the molecule is c1csc(-c2cc(-c3cc(-c4cccs4)sc3-c3cccs3)c(-c3cccs3)s2)c1. The molecule has 6 rings (SSSR count). The molecule has 0 nitrogen and oxygen atoms in total. The average Bonchev–Trinajstić information content (AvgIpc) is 3.62. The van der Waals surface area contributed by atoms with E-state index in [2.05, 4.69) is 82.2 Å². The highest BCUT2D eigenvalue weighted by Gasteiger charge is 2.21. The molecule has 0 bridgehead atoms. The Kier molecular flexibility index (Phi) is 5.07. The summed E-state index contributed by atoms with van der Waals surface area (Å²) >= 11 is 11.1. The lowest BCUT2D eigenvalue weighted by molar-refractivity contribution is 1.79. The van der Waals surface area contributed by atoms with Gasteiger partial charge >= 0.3 is 0 Å². The molecule has 0 aliphatic rings. The lowest BCUT2D eigenvalue weighted by atomic mass is 10.0. The van der Waals surface area contributed by atoms with Gasteiger partial charge in [-0.2, -0.15) is 0 Å². The van der Waals surface area contributed by atoms with Crippen molar-refractivity contribution in [1.82, 2.24) is 0 Å². The van der Waals surface area contributed by atoms with Crippen LogP contribution in [0.1, 0.15) is 0 Å². The van der Waals surface area contributed by atoms with E-state index in [0.29, 0.717) is 0 Å². The van der Waals surface area contributed by atoms with Gasteiger partial charge in [-0.05, 0) is 57.9 Å². The van der Waals surface area contributed by atoms with E-state index in [1.807, 2.05) is 68.0 Å². The molecule has 0 aliphatic heterocycles. The molecule has 146 valence electrons. The summed E-state index contributed by atoms with van der Waals surface area (Å²) in [6.45, 7) is 0. The third kappa shape index (κ3) is 3.38. The molecular formula is C24H14S6. The molecule has 0 aromatic carbocycles. The molecule has 0 saturated heterocycles. The molecule has 0 unspecified atom stereocenters. The summed E-state index contributed by atoms with van der Waals surface area (Å²) in [6.07, 6.45) is 0. The van der Waals surface area contributed by atoms with Gasteiger partial charge in [-0.25, -0.2) is 0 Å². The molecule has 0 spiro atoms. The quantitative estimate of drug-likeness (QED) is 0.223. The topological polar surface area (TPSA) is 0 Å². The Morgan fingerprint density at radius 3 is 1.10 bits per heavy atom. The maximum absolute atomic E-state index is 2.41. The lowest BCUT2D eigenvalue weighted by Crippen LogP contribution is -1.76. The number of hydrogen-bond donors (Lipinski definition) is 0. The zero-order valence-electron chi connectivity index (χ0n) is 15.5. The van der Waals surface area contributed by atoms with Gasteiger partial charge in [-0.3, -0.25) is 0 Å². The van der Waals surface area contributed by atoms with Crippen LogP contribution >= 0.6 is 68.0 Å². The van der Waals surface area contributed by atoms with Crippen molar-refractivity contribution < 1.29 is 0 Å². The van der Waals surface area contributed by atoms with Gasteiger partial charge in [0.15, 0.2) is 0 Å². The van der Waals surface area contributed by atoms with Crippen molar-refractivity contribution in [3.05, 3.63) is 82.2 Å². The highest BCUT2D eigenvalue weighted by Crippen LogP contribution is 2.52. The monoisotopic (exact) mass is 494 g/mol. The summed E-state index contributed by atoms with van der Waals surface area (Å²) < 4.78 is 0. The van der Waals surface area contributed by atoms with Crippen LogP contribution in [0.25, 0.3) is 50.1 Å². The van der Waals surface area contributed by atoms with Gasteiger partial charge < -0.3 is 0 Å². The normalized spacial score (nSPS) is 11.3. The minimum atomic E-state index is 1.34. The van der Waals surface area contributed by atoms with Crippen LogP contribution in [0.2, 0.25) is 0 Å². The van der Waals surface area contributed by atoms with Crippen molar-refractivity contribution in [3.8, 4) is 50.1 Å². The maximum atomic E-state index is 2.41. The van der Waals surface area contributed by atoms with E-state index in [-0.39, 0.29) is 0 Å². The Morgan fingerprint density at radius 1 is 0.400 bits per heavy atom. The van der Waals surface area contributed by atoms with Crippen LogP contribution in [0.15, 0.2) is 82.2 Å². The van der Waals surface area contributed by atoms with Gasteiger partial charge in [-0.1, -0.05) is 24.3 Å². The van der Waals surface area contributed by atoms with Gasteiger partial charge in [0, 0.05) is 40.4 Å². The second-order valence-corrected chi connectivity index (χ2v) is 12.5. The number of rotatable bonds is 5.